The van der Waals surface area contributed by atoms with Gasteiger partial charge in [-0.2, -0.15) is 0 Å². The average Bonchev–Trinajstić information content (AvgIpc) is 2.42. The van der Waals surface area contributed by atoms with Gasteiger partial charge in [0, 0.05) is 19.2 Å². The highest BCUT2D eigenvalue weighted by Crippen LogP contribution is 2.13. The topological polar surface area (TPSA) is 88.5 Å². The van der Waals surface area contributed by atoms with Gasteiger partial charge in [0.15, 0.2) is 0 Å². The van der Waals surface area contributed by atoms with Crippen LogP contribution < -0.4 is 5.32 Å². The summed E-state index contributed by atoms with van der Waals surface area (Å²) in [5.74, 6) is -0.677. The number of unbranched alkanes of at least 4 members (excludes halogenated alkanes) is 2. The maximum Gasteiger partial charge on any atom is 0.305 e. The molecule has 0 aliphatic heterocycles. The number of aromatic nitrogens is 1. The Morgan fingerprint density at radius 2 is 2.16 bits per heavy atom. The van der Waals surface area contributed by atoms with Crippen LogP contribution in [0.1, 0.15) is 36.0 Å². The fourth-order valence-corrected chi connectivity index (χ4v) is 1.55. The fourth-order valence-electron chi connectivity index (χ4n) is 1.55. The predicted octanol–water partition coefficient (Wildman–Crippen LogP) is 1.25. The number of esters is 1. The van der Waals surface area contributed by atoms with E-state index in [9.17, 15) is 14.7 Å². The van der Waals surface area contributed by atoms with Crippen molar-refractivity contribution in [2.45, 2.75) is 25.7 Å². The first kappa shape index (κ1) is 14.9. The largest absolute Gasteiger partial charge is 0.505 e. The molecule has 6 nitrogen and oxygen atoms in total. The lowest BCUT2D eigenvalue weighted by Gasteiger charge is -2.06. The third-order valence-corrected chi connectivity index (χ3v) is 2.62. The van der Waals surface area contributed by atoms with E-state index >= 15 is 0 Å². The van der Waals surface area contributed by atoms with Crippen molar-refractivity contribution >= 4 is 11.9 Å². The smallest absolute Gasteiger partial charge is 0.305 e. The van der Waals surface area contributed by atoms with E-state index in [0.29, 0.717) is 13.0 Å². The van der Waals surface area contributed by atoms with Crippen molar-refractivity contribution in [3.63, 3.8) is 0 Å². The Balaban J connectivity index is 2.18. The molecule has 0 bridgehead atoms. The highest BCUT2D eigenvalue weighted by atomic mass is 16.5. The Morgan fingerprint density at radius 3 is 2.84 bits per heavy atom. The van der Waals surface area contributed by atoms with Gasteiger partial charge >= 0.3 is 5.97 Å². The number of ether oxygens (including phenoxy) is 1. The van der Waals surface area contributed by atoms with E-state index in [1.807, 2.05) is 0 Å². The van der Waals surface area contributed by atoms with Crippen LogP contribution >= 0.6 is 0 Å². The van der Waals surface area contributed by atoms with E-state index in [2.05, 4.69) is 15.0 Å². The Bertz CT molecular complexity index is 434. The minimum absolute atomic E-state index is 0.134. The number of pyridine rings is 1. The molecule has 1 amide bonds. The van der Waals surface area contributed by atoms with Crippen LogP contribution in [0.25, 0.3) is 0 Å². The van der Waals surface area contributed by atoms with Crippen LogP contribution in [0.3, 0.4) is 0 Å². The van der Waals surface area contributed by atoms with E-state index in [1.54, 1.807) is 0 Å². The van der Waals surface area contributed by atoms with Crippen molar-refractivity contribution in [1.29, 1.82) is 0 Å². The van der Waals surface area contributed by atoms with Gasteiger partial charge in [-0.3, -0.25) is 14.6 Å². The van der Waals surface area contributed by atoms with Crippen LogP contribution in [0.4, 0.5) is 0 Å². The molecular weight excluding hydrogens is 248 g/mol. The molecule has 1 aromatic rings. The number of carbonyl (C=O) groups is 2. The van der Waals surface area contributed by atoms with Crippen LogP contribution in [-0.4, -0.2) is 35.6 Å². The Kier molecular flexibility index (Phi) is 6.35. The minimum atomic E-state index is -0.326. The molecule has 1 heterocycles. The molecule has 104 valence electrons. The van der Waals surface area contributed by atoms with Crippen molar-refractivity contribution in [2.24, 2.45) is 0 Å². The molecule has 0 atom stereocenters. The number of carbonyl (C=O) groups excluding carboxylic acids is 2. The lowest BCUT2D eigenvalue weighted by atomic mass is 10.2. The van der Waals surface area contributed by atoms with Crippen LogP contribution in [0.2, 0.25) is 0 Å². The Labute approximate surface area is 111 Å². The monoisotopic (exact) mass is 266 g/mol. The lowest BCUT2D eigenvalue weighted by molar-refractivity contribution is -0.140. The highest BCUT2D eigenvalue weighted by Gasteiger charge is 2.09. The van der Waals surface area contributed by atoms with Gasteiger partial charge in [-0.05, 0) is 18.9 Å². The average molecular weight is 266 g/mol. The zero-order valence-electron chi connectivity index (χ0n) is 10.9. The second-order valence-electron chi connectivity index (χ2n) is 4.04. The molecule has 0 aromatic carbocycles. The highest BCUT2D eigenvalue weighted by molar-refractivity contribution is 5.96. The van der Waals surface area contributed by atoms with Crippen LogP contribution in [-0.2, 0) is 9.53 Å². The maximum atomic E-state index is 11.7. The maximum absolute atomic E-state index is 11.7. The molecule has 1 rings (SSSR count). The summed E-state index contributed by atoms with van der Waals surface area (Å²) >= 11 is 0. The number of nitrogens with one attached hydrogen (secondary N) is 1. The van der Waals surface area contributed by atoms with E-state index in [1.165, 1.54) is 25.6 Å². The molecular formula is C13H18N2O4. The molecule has 0 spiro atoms. The number of rotatable bonds is 7. The van der Waals surface area contributed by atoms with Crippen molar-refractivity contribution in [3.05, 3.63) is 24.0 Å². The summed E-state index contributed by atoms with van der Waals surface area (Å²) in [5, 5.41) is 12.1. The quantitative estimate of drug-likeness (QED) is 0.572. The summed E-state index contributed by atoms with van der Waals surface area (Å²) in [6, 6.07) is 1.46. The first-order chi connectivity index (χ1) is 9.15. The molecule has 2 N–H and O–H groups in total. The van der Waals surface area contributed by atoms with Crippen molar-refractivity contribution < 1.29 is 19.4 Å². The second-order valence-corrected chi connectivity index (χ2v) is 4.04. The molecule has 0 fully saturated rings. The number of nitrogens with zero attached hydrogens (tertiary/aromatic N) is 1. The van der Waals surface area contributed by atoms with Gasteiger partial charge in [0.2, 0.25) is 0 Å². The van der Waals surface area contributed by atoms with E-state index < -0.39 is 0 Å². The van der Waals surface area contributed by atoms with Crippen molar-refractivity contribution in [2.75, 3.05) is 13.7 Å². The summed E-state index contributed by atoms with van der Waals surface area (Å²) < 4.78 is 4.52. The third-order valence-electron chi connectivity index (χ3n) is 2.62. The second kappa shape index (κ2) is 8.07. The zero-order valence-corrected chi connectivity index (χ0v) is 10.9. The SMILES string of the molecule is COC(=O)CCCCCNC(=O)c1ccncc1O. The van der Waals surface area contributed by atoms with Crippen molar-refractivity contribution in [1.82, 2.24) is 10.3 Å². The van der Waals surface area contributed by atoms with Gasteiger partial charge < -0.3 is 15.2 Å². The molecule has 0 aliphatic rings. The van der Waals surface area contributed by atoms with E-state index in [0.717, 1.165) is 19.3 Å². The fraction of sp³-hybridized carbons (Fsp3) is 0.462. The van der Waals surface area contributed by atoms with Gasteiger partial charge in [0.25, 0.3) is 5.91 Å². The van der Waals surface area contributed by atoms with Gasteiger partial charge in [-0.15, -0.1) is 0 Å². The van der Waals surface area contributed by atoms with Crippen LogP contribution in [0.5, 0.6) is 5.75 Å². The molecule has 1 aromatic heterocycles. The molecule has 0 radical (unpaired) electrons. The van der Waals surface area contributed by atoms with Gasteiger partial charge in [0.1, 0.15) is 5.75 Å². The standard InChI is InChI=1S/C13H18N2O4/c1-19-12(17)5-3-2-4-7-15-13(18)10-6-8-14-9-11(10)16/h6,8-9,16H,2-5,7H2,1H3,(H,15,18). The van der Waals surface area contributed by atoms with E-state index in [-0.39, 0.29) is 23.2 Å². The summed E-state index contributed by atoms with van der Waals surface area (Å²) in [7, 11) is 1.36. The summed E-state index contributed by atoms with van der Waals surface area (Å²) in [4.78, 5) is 26.2. The first-order valence-electron chi connectivity index (χ1n) is 6.13. The first-order valence-corrected chi connectivity index (χ1v) is 6.13. The van der Waals surface area contributed by atoms with Gasteiger partial charge in [0.05, 0.1) is 18.9 Å². The minimum Gasteiger partial charge on any atom is -0.505 e. The van der Waals surface area contributed by atoms with Crippen LogP contribution in [0.15, 0.2) is 18.5 Å². The Hall–Kier alpha value is -2.11. The van der Waals surface area contributed by atoms with Crippen LogP contribution in [0, 0.1) is 0 Å². The normalized spacial score (nSPS) is 9.95. The zero-order chi connectivity index (χ0) is 14.1. The number of methoxy groups -OCH3 is 1. The lowest BCUT2D eigenvalue weighted by Crippen LogP contribution is -2.24. The summed E-state index contributed by atoms with van der Waals surface area (Å²) in [6.45, 7) is 0.502. The summed E-state index contributed by atoms with van der Waals surface area (Å²) in [6.07, 6.45) is 5.42. The number of hydrogen-bond acceptors (Lipinski definition) is 5. The van der Waals surface area contributed by atoms with E-state index in [4.69, 9.17) is 0 Å². The number of amides is 1. The van der Waals surface area contributed by atoms with Crippen molar-refractivity contribution in [3.8, 4) is 5.75 Å². The molecule has 0 unspecified atom stereocenters. The molecule has 0 saturated heterocycles. The molecule has 19 heavy (non-hydrogen) atoms. The molecule has 0 aliphatic carbocycles. The molecule has 6 heteroatoms. The third kappa shape index (κ3) is 5.37. The summed E-state index contributed by atoms with van der Waals surface area (Å²) in [5.41, 5.74) is 0.213. The number of hydrogen-bond donors (Lipinski definition) is 2. The molecule has 0 saturated carbocycles. The van der Waals surface area contributed by atoms with Gasteiger partial charge in [-0.1, -0.05) is 6.42 Å². The van der Waals surface area contributed by atoms with Gasteiger partial charge in [-0.25, -0.2) is 0 Å². The Morgan fingerprint density at radius 1 is 1.37 bits per heavy atom. The predicted molar refractivity (Wildman–Crippen MR) is 68.7 cm³/mol. The number of aromatic hydroxyl groups is 1.